The standard InChI is InChI=1S/C29H32BN/c30-29(19-17-24(18-20-29)22-7-3-1-4-8-22)27-14-11-23(12-15-27)26-13-16-28(31-21-26)25-9-5-2-6-10-25/h2,5-6,9-16,21-22,24H,1,3-4,7-8,17-20H2. The Morgan fingerprint density at radius 3 is 1.94 bits per heavy atom. The first-order valence-electron chi connectivity index (χ1n) is 12.1. The van der Waals surface area contributed by atoms with Crippen molar-refractivity contribution in [2.75, 3.05) is 0 Å². The molecule has 2 heteroatoms. The zero-order chi connectivity index (χ0) is 21.1. The van der Waals surface area contributed by atoms with Crippen molar-refractivity contribution in [3.05, 3.63) is 78.5 Å². The lowest BCUT2D eigenvalue weighted by Crippen LogP contribution is -2.34. The van der Waals surface area contributed by atoms with Crippen LogP contribution < -0.4 is 0 Å². The average Bonchev–Trinajstić information content (AvgIpc) is 2.86. The zero-order valence-corrected chi connectivity index (χ0v) is 18.5. The Bertz CT molecular complexity index is 964. The van der Waals surface area contributed by atoms with E-state index in [4.69, 9.17) is 7.85 Å². The summed E-state index contributed by atoms with van der Waals surface area (Å²) in [4.78, 5) is 4.68. The molecule has 0 unspecified atom stereocenters. The Morgan fingerprint density at radius 2 is 1.29 bits per heavy atom. The summed E-state index contributed by atoms with van der Waals surface area (Å²) >= 11 is 0. The van der Waals surface area contributed by atoms with Crippen LogP contribution in [0.1, 0.15) is 63.4 Å². The molecule has 0 N–H and O–H groups in total. The lowest BCUT2D eigenvalue weighted by molar-refractivity contribution is 0.176. The van der Waals surface area contributed by atoms with Gasteiger partial charge in [0.05, 0.1) is 13.5 Å². The molecule has 2 aromatic carbocycles. The lowest BCUT2D eigenvalue weighted by atomic mass is 9.54. The van der Waals surface area contributed by atoms with Gasteiger partial charge in [0.1, 0.15) is 0 Å². The van der Waals surface area contributed by atoms with Crippen molar-refractivity contribution in [2.24, 2.45) is 11.8 Å². The molecule has 2 radical (unpaired) electrons. The predicted octanol–water partition coefficient (Wildman–Crippen LogP) is 7.55. The number of rotatable bonds is 4. The van der Waals surface area contributed by atoms with Gasteiger partial charge in [-0.25, -0.2) is 0 Å². The molecule has 0 aliphatic heterocycles. The number of aromatic nitrogens is 1. The topological polar surface area (TPSA) is 12.9 Å². The summed E-state index contributed by atoms with van der Waals surface area (Å²) in [7, 11) is 6.93. The summed E-state index contributed by atoms with van der Waals surface area (Å²) in [6, 6.07) is 23.5. The van der Waals surface area contributed by atoms with E-state index in [-0.39, 0.29) is 5.31 Å². The van der Waals surface area contributed by atoms with E-state index < -0.39 is 0 Å². The molecule has 156 valence electrons. The highest BCUT2D eigenvalue weighted by Crippen LogP contribution is 2.45. The van der Waals surface area contributed by atoms with Crippen LogP contribution in [0.15, 0.2) is 72.9 Å². The molecule has 2 fully saturated rings. The summed E-state index contributed by atoms with van der Waals surface area (Å²) in [5.41, 5.74) is 5.82. The molecule has 0 atom stereocenters. The maximum Gasteiger partial charge on any atom is 0.0810 e. The molecule has 2 aliphatic carbocycles. The molecule has 5 rings (SSSR count). The van der Waals surface area contributed by atoms with Gasteiger partial charge in [0, 0.05) is 17.3 Å². The first-order chi connectivity index (χ1) is 15.2. The highest BCUT2D eigenvalue weighted by atomic mass is 14.7. The number of pyridine rings is 1. The third-order valence-corrected chi connectivity index (χ3v) is 7.87. The third-order valence-electron chi connectivity index (χ3n) is 7.87. The van der Waals surface area contributed by atoms with Gasteiger partial charge in [-0.15, -0.1) is 0 Å². The summed E-state index contributed by atoms with van der Waals surface area (Å²) in [5.74, 6) is 1.87. The van der Waals surface area contributed by atoms with Crippen LogP contribution in [0.5, 0.6) is 0 Å². The van der Waals surface area contributed by atoms with E-state index in [0.717, 1.165) is 41.5 Å². The number of hydrogen-bond acceptors (Lipinski definition) is 1. The van der Waals surface area contributed by atoms with E-state index in [1.54, 1.807) is 0 Å². The highest BCUT2D eigenvalue weighted by molar-refractivity contribution is 6.16. The van der Waals surface area contributed by atoms with Crippen LogP contribution in [-0.2, 0) is 5.31 Å². The van der Waals surface area contributed by atoms with Gasteiger partial charge in [0.15, 0.2) is 0 Å². The van der Waals surface area contributed by atoms with Gasteiger partial charge in [0.2, 0.25) is 0 Å². The van der Waals surface area contributed by atoms with E-state index >= 15 is 0 Å². The molecule has 3 aromatic rings. The Morgan fingerprint density at radius 1 is 0.645 bits per heavy atom. The maximum atomic E-state index is 6.93. The lowest BCUT2D eigenvalue weighted by Gasteiger charge is -2.42. The van der Waals surface area contributed by atoms with E-state index in [1.807, 2.05) is 12.3 Å². The van der Waals surface area contributed by atoms with Crippen LogP contribution in [-0.4, -0.2) is 12.8 Å². The average molecular weight is 405 g/mol. The minimum Gasteiger partial charge on any atom is -0.256 e. The molecule has 0 amide bonds. The van der Waals surface area contributed by atoms with Crippen molar-refractivity contribution in [1.29, 1.82) is 0 Å². The third kappa shape index (κ3) is 4.49. The maximum absolute atomic E-state index is 6.93. The largest absolute Gasteiger partial charge is 0.256 e. The quantitative estimate of drug-likeness (QED) is 0.408. The fourth-order valence-electron chi connectivity index (χ4n) is 5.86. The van der Waals surface area contributed by atoms with Crippen molar-refractivity contribution in [3.63, 3.8) is 0 Å². The van der Waals surface area contributed by atoms with Gasteiger partial charge in [-0.1, -0.05) is 124 Å². The smallest absolute Gasteiger partial charge is 0.0810 e. The van der Waals surface area contributed by atoms with Gasteiger partial charge in [-0.3, -0.25) is 4.98 Å². The molecule has 0 saturated heterocycles. The van der Waals surface area contributed by atoms with Crippen LogP contribution in [0, 0.1) is 11.8 Å². The molecule has 0 spiro atoms. The first-order valence-corrected chi connectivity index (χ1v) is 12.1. The van der Waals surface area contributed by atoms with Crippen LogP contribution in [0.25, 0.3) is 22.4 Å². The van der Waals surface area contributed by atoms with E-state index in [9.17, 15) is 0 Å². The fraction of sp³-hybridized carbons (Fsp3) is 0.414. The van der Waals surface area contributed by atoms with Crippen LogP contribution in [0.2, 0.25) is 0 Å². The van der Waals surface area contributed by atoms with Crippen molar-refractivity contribution in [1.82, 2.24) is 4.98 Å². The van der Waals surface area contributed by atoms with Crippen molar-refractivity contribution in [2.45, 2.75) is 63.1 Å². The molecule has 1 nitrogen and oxygen atoms in total. The predicted molar refractivity (Wildman–Crippen MR) is 131 cm³/mol. The van der Waals surface area contributed by atoms with Crippen LogP contribution in [0.3, 0.4) is 0 Å². The van der Waals surface area contributed by atoms with E-state index in [0.29, 0.717) is 0 Å². The van der Waals surface area contributed by atoms with Gasteiger partial charge in [0.25, 0.3) is 0 Å². The minimum atomic E-state index is -0.154. The fourth-order valence-corrected chi connectivity index (χ4v) is 5.86. The van der Waals surface area contributed by atoms with Gasteiger partial charge >= 0.3 is 0 Å². The van der Waals surface area contributed by atoms with Gasteiger partial charge < -0.3 is 0 Å². The summed E-state index contributed by atoms with van der Waals surface area (Å²) in [6.07, 6.45) is 14.1. The monoisotopic (exact) mass is 405 g/mol. The molecular weight excluding hydrogens is 373 g/mol. The van der Waals surface area contributed by atoms with Gasteiger partial charge in [-0.2, -0.15) is 0 Å². The summed E-state index contributed by atoms with van der Waals surface area (Å²) in [5, 5.41) is -0.154. The molecule has 1 heterocycles. The normalized spacial score (nSPS) is 24.7. The minimum absolute atomic E-state index is 0.154. The molecule has 2 aliphatic rings. The molecule has 2 saturated carbocycles. The molecule has 31 heavy (non-hydrogen) atoms. The number of nitrogens with zero attached hydrogens (tertiary/aromatic N) is 1. The number of benzene rings is 2. The molecule has 1 aromatic heterocycles. The Labute approximate surface area is 188 Å². The zero-order valence-electron chi connectivity index (χ0n) is 18.5. The van der Waals surface area contributed by atoms with Crippen molar-refractivity contribution in [3.8, 4) is 22.4 Å². The first kappa shape index (κ1) is 20.6. The second-order valence-corrected chi connectivity index (χ2v) is 9.77. The Kier molecular flexibility index (Phi) is 5.98. The van der Waals surface area contributed by atoms with Gasteiger partial charge in [-0.05, 0) is 28.8 Å². The summed E-state index contributed by atoms with van der Waals surface area (Å²) in [6.45, 7) is 0. The SMILES string of the molecule is [B]C1(c2ccc(-c3ccc(-c4ccccc4)nc3)cc2)CCC(C2CCCCC2)CC1. The molecule has 0 bridgehead atoms. The second kappa shape index (κ2) is 9.03. The van der Waals surface area contributed by atoms with Crippen molar-refractivity contribution >= 4 is 7.85 Å². The Hall–Kier alpha value is -2.35. The van der Waals surface area contributed by atoms with Crippen LogP contribution >= 0.6 is 0 Å². The van der Waals surface area contributed by atoms with E-state index in [1.165, 1.54) is 56.1 Å². The van der Waals surface area contributed by atoms with E-state index in [2.05, 4.69) is 65.6 Å². The summed E-state index contributed by atoms with van der Waals surface area (Å²) < 4.78 is 0. The number of hydrogen-bond donors (Lipinski definition) is 0. The van der Waals surface area contributed by atoms with Crippen LogP contribution in [0.4, 0.5) is 0 Å². The molecular formula is C29H32BN. The van der Waals surface area contributed by atoms with Crippen molar-refractivity contribution < 1.29 is 0 Å². The Balaban J connectivity index is 1.25. The second-order valence-electron chi connectivity index (χ2n) is 9.77. The highest BCUT2D eigenvalue weighted by Gasteiger charge is 2.35.